The quantitative estimate of drug-likeness (QED) is 0.313. The van der Waals surface area contributed by atoms with Gasteiger partial charge in [0.25, 0.3) is 0 Å². The molecule has 4 aromatic carbocycles. The summed E-state index contributed by atoms with van der Waals surface area (Å²) in [5.41, 5.74) is 8.71. The Kier molecular flexibility index (Phi) is 6.09. The fraction of sp³-hybridized carbons (Fsp3) is 0.172. The van der Waals surface area contributed by atoms with Gasteiger partial charge in [0.1, 0.15) is 5.82 Å². The molecule has 4 rings (SSSR count). The first-order chi connectivity index (χ1) is 14.6. The van der Waals surface area contributed by atoms with Gasteiger partial charge in [-0.2, -0.15) is 0 Å². The van der Waals surface area contributed by atoms with Crippen molar-refractivity contribution in [3.8, 4) is 22.3 Å². The molecule has 0 unspecified atom stereocenters. The van der Waals surface area contributed by atoms with Gasteiger partial charge >= 0.3 is 0 Å². The summed E-state index contributed by atoms with van der Waals surface area (Å²) in [5.74, 6) is -0.183. The SMILES string of the molecule is CCc1ccc(CCc2ccc(-c3ccc(-c4ccc(C)cc4)cc3F)cc2)cc1. The van der Waals surface area contributed by atoms with Crippen LogP contribution in [0, 0.1) is 12.7 Å². The molecule has 0 amide bonds. The summed E-state index contributed by atoms with van der Waals surface area (Å²) >= 11 is 0. The largest absolute Gasteiger partial charge is 0.206 e. The third kappa shape index (κ3) is 4.68. The molecule has 0 saturated heterocycles. The number of hydrogen-bond acceptors (Lipinski definition) is 0. The predicted octanol–water partition coefficient (Wildman–Crippen LogP) is 7.82. The minimum Gasteiger partial charge on any atom is -0.206 e. The van der Waals surface area contributed by atoms with Crippen LogP contribution in [0.4, 0.5) is 4.39 Å². The summed E-state index contributed by atoms with van der Waals surface area (Å²) < 4.78 is 14.8. The summed E-state index contributed by atoms with van der Waals surface area (Å²) in [6.07, 6.45) is 3.08. The van der Waals surface area contributed by atoms with Gasteiger partial charge in [0, 0.05) is 5.56 Å². The second-order valence-corrected chi connectivity index (χ2v) is 7.93. The van der Waals surface area contributed by atoms with Gasteiger partial charge in [-0.3, -0.25) is 0 Å². The molecular formula is C29H27F. The molecule has 150 valence electrons. The Labute approximate surface area is 179 Å². The highest BCUT2D eigenvalue weighted by molar-refractivity contribution is 5.71. The number of hydrogen-bond donors (Lipinski definition) is 0. The van der Waals surface area contributed by atoms with Gasteiger partial charge < -0.3 is 0 Å². The molecule has 0 spiro atoms. The van der Waals surface area contributed by atoms with Crippen molar-refractivity contribution in [3.05, 3.63) is 119 Å². The highest BCUT2D eigenvalue weighted by Gasteiger charge is 2.08. The van der Waals surface area contributed by atoms with E-state index in [1.54, 1.807) is 6.07 Å². The van der Waals surface area contributed by atoms with Crippen molar-refractivity contribution < 1.29 is 4.39 Å². The topological polar surface area (TPSA) is 0 Å². The van der Waals surface area contributed by atoms with Gasteiger partial charge in [0.2, 0.25) is 0 Å². The van der Waals surface area contributed by atoms with E-state index in [1.807, 2.05) is 36.4 Å². The average Bonchev–Trinajstić information content (AvgIpc) is 2.79. The zero-order chi connectivity index (χ0) is 20.9. The summed E-state index contributed by atoms with van der Waals surface area (Å²) in [4.78, 5) is 0. The maximum absolute atomic E-state index is 14.8. The van der Waals surface area contributed by atoms with E-state index in [9.17, 15) is 4.39 Å². The van der Waals surface area contributed by atoms with Gasteiger partial charge in [-0.05, 0) is 65.6 Å². The molecule has 0 atom stereocenters. The van der Waals surface area contributed by atoms with Crippen LogP contribution in [0.1, 0.15) is 29.2 Å². The van der Waals surface area contributed by atoms with Crippen molar-refractivity contribution in [1.82, 2.24) is 0 Å². The standard InChI is InChI=1S/C29H27F/c1-3-22-6-8-23(9-7-22)10-11-24-12-16-26(17-13-24)28-19-18-27(20-29(28)30)25-14-4-21(2)5-15-25/h4-9,12-20H,3,10-11H2,1-2H3. The second kappa shape index (κ2) is 9.09. The molecule has 0 N–H and O–H groups in total. The Hall–Kier alpha value is -3.19. The highest BCUT2D eigenvalue weighted by Crippen LogP contribution is 2.28. The lowest BCUT2D eigenvalue weighted by molar-refractivity contribution is 0.632. The zero-order valence-corrected chi connectivity index (χ0v) is 17.7. The van der Waals surface area contributed by atoms with E-state index >= 15 is 0 Å². The lowest BCUT2D eigenvalue weighted by Gasteiger charge is -2.09. The van der Waals surface area contributed by atoms with Gasteiger partial charge in [-0.25, -0.2) is 4.39 Å². The third-order valence-corrected chi connectivity index (χ3v) is 5.75. The lowest BCUT2D eigenvalue weighted by Crippen LogP contribution is -1.93. The van der Waals surface area contributed by atoms with E-state index in [0.29, 0.717) is 5.56 Å². The molecule has 0 saturated carbocycles. The first-order valence-corrected chi connectivity index (χ1v) is 10.7. The maximum Gasteiger partial charge on any atom is 0.131 e. The van der Waals surface area contributed by atoms with Gasteiger partial charge in [-0.15, -0.1) is 0 Å². The van der Waals surface area contributed by atoms with Crippen LogP contribution in [0.25, 0.3) is 22.3 Å². The normalized spacial score (nSPS) is 10.9. The van der Waals surface area contributed by atoms with Crippen molar-refractivity contribution in [2.24, 2.45) is 0 Å². The molecule has 0 heterocycles. The molecule has 0 aliphatic carbocycles. The molecule has 0 aliphatic heterocycles. The molecule has 0 aromatic heterocycles. The van der Waals surface area contributed by atoms with Crippen molar-refractivity contribution in [2.45, 2.75) is 33.1 Å². The smallest absolute Gasteiger partial charge is 0.131 e. The predicted molar refractivity (Wildman–Crippen MR) is 125 cm³/mol. The number of halogens is 1. The molecule has 0 nitrogen and oxygen atoms in total. The van der Waals surface area contributed by atoms with E-state index in [0.717, 1.165) is 36.0 Å². The van der Waals surface area contributed by atoms with E-state index in [1.165, 1.54) is 22.3 Å². The molecule has 0 aliphatic rings. The average molecular weight is 395 g/mol. The summed E-state index contributed by atoms with van der Waals surface area (Å²) in [5, 5.41) is 0. The number of rotatable bonds is 6. The first-order valence-electron chi connectivity index (χ1n) is 10.7. The van der Waals surface area contributed by atoms with Crippen LogP contribution in [0.15, 0.2) is 91.0 Å². The maximum atomic E-state index is 14.8. The van der Waals surface area contributed by atoms with E-state index in [2.05, 4.69) is 62.4 Å². The molecule has 1 heteroatoms. The van der Waals surface area contributed by atoms with Crippen molar-refractivity contribution in [2.75, 3.05) is 0 Å². The van der Waals surface area contributed by atoms with Crippen LogP contribution in [0.5, 0.6) is 0 Å². The van der Waals surface area contributed by atoms with Crippen LogP contribution in [0.2, 0.25) is 0 Å². The van der Waals surface area contributed by atoms with Crippen LogP contribution in [-0.4, -0.2) is 0 Å². The summed E-state index contributed by atoms with van der Waals surface area (Å²) in [7, 11) is 0. The monoisotopic (exact) mass is 394 g/mol. The summed E-state index contributed by atoms with van der Waals surface area (Å²) in [6, 6.07) is 30.8. The Bertz CT molecular complexity index is 1100. The Morgan fingerprint density at radius 2 is 1.07 bits per heavy atom. The number of benzene rings is 4. The van der Waals surface area contributed by atoms with E-state index < -0.39 is 0 Å². The second-order valence-electron chi connectivity index (χ2n) is 7.93. The molecule has 0 radical (unpaired) electrons. The molecule has 0 fully saturated rings. The fourth-order valence-corrected chi connectivity index (χ4v) is 3.76. The molecular weight excluding hydrogens is 367 g/mol. The minimum absolute atomic E-state index is 0.183. The van der Waals surface area contributed by atoms with Crippen LogP contribution in [-0.2, 0) is 19.3 Å². The Morgan fingerprint density at radius 1 is 0.567 bits per heavy atom. The van der Waals surface area contributed by atoms with E-state index in [4.69, 9.17) is 0 Å². The Balaban J connectivity index is 1.46. The minimum atomic E-state index is -0.183. The third-order valence-electron chi connectivity index (χ3n) is 5.75. The Morgan fingerprint density at radius 3 is 1.63 bits per heavy atom. The molecule has 30 heavy (non-hydrogen) atoms. The van der Waals surface area contributed by atoms with Crippen molar-refractivity contribution in [3.63, 3.8) is 0 Å². The summed E-state index contributed by atoms with van der Waals surface area (Å²) in [6.45, 7) is 4.23. The lowest BCUT2D eigenvalue weighted by atomic mass is 9.97. The molecule has 0 bridgehead atoms. The van der Waals surface area contributed by atoms with Crippen molar-refractivity contribution >= 4 is 0 Å². The van der Waals surface area contributed by atoms with Crippen LogP contribution in [0.3, 0.4) is 0 Å². The van der Waals surface area contributed by atoms with Crippen molar-refractivity contribution in [1.29, 1.82) is 0 Å². The van der Waals surface area contributed by atoms with Crippen LogP contribution < -0.4 is 0 Å². The van der Waals surface area contributed by atoms with Crippen LogP contribution >= 0.6 is 0 Å². The highest BCUT2D eigenvalue weighted by atomic mass is 19.1. The van der Waals surface area contributed by atoms with Gasteiger partial charge in [0.05, 0.1) is 0 Å². The fourth-order valence-electron chi connectivity index (χ4n) is 3.76. The number of aryl methyl sites for hydroxylation is 4. The van der Waals surface area contributed by atoms with Gasteiger partial charge in [-0.1, -0.05) is 97.4 Å². The first kappa shape index (κ1) is 20.1. The zero-order valence-electron chi connectivity index (χ0n) is 17.7. The van der Waals surface area contributed by atoms with E-state index in [-0.39, 0.29) is 5.82 Å². The molecule has 4 aromatic rings. The van der Waals surface area contributed by atoms with Gasteiger partial charge in [0.15, 0.2) is 0 Å².